The molecule has 0 atom stereocenters. The molecule has 1 aromatic heterocycles. The minimum atomic E-state index is 0.0943. The van der Waals surface area contributed by atoms with Crippen molar-refractivity contribution in [1.82, 2.24) is 14.8 Å². The Labute approximate surface area is 210 Å². The van der Waals surface area contributed by atoms with Crippen LogP contribution in [-0.2, 0) is 11.3 Å². The van der Waals surface area contributed by atoms with Gasteiger partial charge in [-0.3, -0.25) is 14.7 Å². The first kappa shape index (κ1) is 24.9. The van der Waals surface area contributed by atoms with Crippen molar-refractivity contribution in [2.45, 2.75) is 48.1 Å². The van der Waals surface area contributed by atoms with Crippen LogP contribution in [0.25, 0.3) is 17.3 Å². The Hall–Kier alpha value is -3.24. The van der Waals surface area contributed by atoms with Gasteiger partial charge in [0.2, 0.25) is 5.91 Å². The first-order valence-corrected chi connectivity index (χ1v) is 12.5. The second-order valence-electron chi connectivity index (χ2n) is 10.00. The molecule has 1 saturated heterocycles. The Bertz CT molecular complexity index is 1220. The molecule has 1 fully saturated rings. The lowest BCUT2D eigenvalue weighted by Crippen LogP contribution is -2.47. The standard InChI is InChI=1S/C31H37N3O/c1-21-15-27(16-22(2)25(21)5)7-8-31(35)34-13-11-33(12-14-34)20-28-9-10-32-30(19-28)29-17-23(3)26(6)24(4)18-29/h7-10,15-19H,11-14,20H2,1-6H3/b8-7+. The monoisotopic (exact) mass is 467 g/mol. The van der Waals surface area contributed by atoms with E-state index in [-0.39, 0.29) is 5.91 Å². The van der Waals surface area contributed by atoms with Crippen LogP contribution in [0.2, 0.25) is 0 Å². The number of benzene rings is 2. The number of carbonyl (C=O) groups is 1. The van der Waals surface area contributed by atoms with Gasteiger partial charge in [-0.2, -0.15) is 0 Å². The highest BCUT2D eigenvalue weighted by molar-refractivity contribution is 5.92. The second-order valence-corrected chi connectivity index (χ2v) is 10.00. The maximum Gasteiger partial charge on any atom is 0.246 e. The molecule has 2 heterocycles. The molecule has 0 radical (unpaired) electrons. The van der Waals surface area contributed by atoms with Crippen LogP contribution in [0.1, 0.15) is 44.5 Å². The van der Waals surface area contributed by atoms with Gasteiger partial charge in [0.05, 0.1) is 5.69 Å². The molecule has 2 aromatic carbocycles. The van der Waals surface area contributed by atoms with Crippen LogP contribution in [-0.4, -0.2) is 46.9 Å². The average molecular weight is 468 g/mol. The molecule has 1 amide bonds. The summed E-state index contributed by atoms with van der Waals surface area (Å²) in [6.07, 6.45) is 5.58. The Morgan fingerprint density at radius 3 is 2.00 bits per heavy atom. The highest BCUT2D eigenvalue weighted by atomic mass is 16.2. The van der Waals surface area contributed by atoms with Crippen LogP contribution in [0, 0.1) is 41.5 Å². The van der Waals surface area contributed by atoms with Gasteiger partial charge in [0, 0.05) is 50.6 Å². The molecular formula is C31H37N3O. The average Bonchev–Trinajstić information content (AvgIpc) is 2.84. The van der Waals surface area contributed by atoms with Crippen molar-refractivity contribution >= 4 is 12.0 Å². The van der Waals surface area contributed by atoms with E-state index < -0.39 is 0 Å². The molecule has 1 aliphatic heterocycles. The van der Waals surface area contributed by atoms with Crippen molar-refractivity contribution in [3.63, 3.8) is 0 Å². The highest BCUT2D eigenvalue weighted by Crippen LogP contribution is 2.24. The largest absolute Gasteiger partial charge is 0.337 e. The van der Waals surface area contributed by atoms with E-state index in [9.17, 15) is 4.79 Å². The molecule has 1 aliphatic rings. The van der Waals surface area contributed by atoms with Crippen LogP contribution in [0.3, 0.4) is 0 Å². The SMILES string of the molecule is Cc1cc(/C=C/C(=O)N2CCN(Cc3ccnc(-c4cc(C)c(C)c(C)c4)c3)CC2)cc(C)c1C. The zero-order chi connectivity index (χ0) is 25.1. The summed E-state index contributed by atoms with van der Waals surface area (Å²) >= 11 is 0. The summed E-state index contributed by atoms with van der Waals surface area (Å²) in [5.41, 5.74) is 12.3. The predicted octanol–water partition coefficient (Wildman–Crippen LogP) is 5.96. The molecule has 35 heavy (non-hydrogen) atoms. The zero-order valence-electron chi connectivity index (χ0n) is 22.0. The fourth-order valence-corrected chi connectivity index (χ4v) is 4.74. The van der Waals surface area contributed by atoms with Crippen LogP contribution in [0.15, 0.2) is 48.7 Å². The Balaban J connectivity index is 1.35. The quantitative estimate of drug-likeness (QED) is 0.435. The molecule has 0 aliphatic carbocycles. The number of carbonyl (C=O) groups excluding carboxylic acids is 1. The number of hydrogen-bond acceptors (Lipinski definition) is 3. The summed E-state index contributed by atoms with van der Waals surface area (Å²) in [5.74, 6) is 0.0943. The maximum absolute atomic E-state index is 12.8. The van der Waals surface area contributed by atoms with E-state index in [0.717, 1.165) is 44.0 Å². The Kier molecular flexibility index (Phi) is 7.51. The number of pyridine rings is 1. The predicted molar refractivity (Wildman–Crippen MR) is 145 cm³/mol. The van der Waals surface area contributed by atoms with Crippen LogP contribution >= 0.6 is 0 Å². The summed E-state index contributed by atoms with van der Waals surface area (Å²) in [4.78, 5) is 21.8. The minimum absolute atomic E-state index is 0.0943. The minimum Gasteiger partial charge on any atom is -0.337 e. The molecule has 3 aromatic rings. The topological polar surface area (TPSA) is 36.4 Å². The molecule has 0 spiro atoms. The number of nitrogens with zero attached hydrogens (tertiary/aromatic N) is 3. The van der Waals surface area contributed by atoms with Gasteiger partial charge in [-0.05, 0) is 116 Å². The lowest BCUT2D eigenvalue weighted by atomic mass is 9.98. The fraction of sp³-hybridized carbons (Fsp3) is 0.355. The summed E-state index contributed by atoms with van der Waals surface area (Å²) < 4.78 is 0. The van der Waals surface area contributed by atoms with Gasteiger partial charge >= 0.3 is 0 Å². The molecule has 182 valence electrons. The Morgan fingerprint density at radius 1 is 0.829 bits per heavy atom. The van der Waals surface area contributed by atoms with E-state index in [2.05, 4.69) is 87.8 Å². The van der Waals surface area contributed by atoms with Crippen molar-refractivity contribution in [1.29, 1.82) is 0 Å². The van der Waals surface area contributed by atoms with Gasteiger partial charge in [-0.1, -0.05) is 12.1 Å². The summed E-state index contributed by atoms with van der Waals surface area (Å²) in [6.45, 7) is 17.0. The fourth-order valence-electron chi connectivity index (χ4n) is 4.74. The highest BCUT2D eigenvalue weighted by Gasteiger charge is 2.20. The number of hydrogen-bond donors (Lipinski definition) is 0. The molecule has 0 N–H and O–H groups in total. The van der Waals surface area contributed by atoms with Gasteiger partial charge in [0.15, 0.2) is 0 Å². The molecule has 4 nitrogen and oxygen atoms in total. The first-order valence-electron chi connectivity index (χ1n) is 12.5. The van der Waals surface area contributed by atoms with Crippen LogP contribution in [0.5, 0.6) is 0 Å². The summed E-state index contributed by atoms with van der Waals surface area (Å²) in [5, 5.41) is 0. The van der Waals surface area contributed by atoms with Crippen molar-refractivity contribution < 1.29 is 4.79 Å². The zero-order valence-corrected chi connectivity index (χ0v) is 22.0. The third-order valence-electron chi connectivity index (χ3n) is 7.51. The van der Waals surface area contributed by atoms with Gasteiger partial charge < -0.3 is 4.90 Å². The number of aromatic nitrogens is 1. The molecule has 4 rings (SSSR count). The molecule has 4 heteroatoms. The van der Waals surface area contributed by atoms with E-state index in [4.69, 9.17) is 0 Å². The second kappa shape index (κ2) is 10.6. The van der Waals surface area contributed by atoms with Crippen LogP contribution in [0.4, 0.5) is 0 Å². The van der Waals surface area contributed by atoms with Gasteiger partial charge in [0.1, 0.15) is 0 Å². The normalized spacial score (nSPS) is 14.6. The van der Waals surface area contributed by atoms with Gasteiger partial charge in [-0.15, -0.1) is 0 Å². The van der Waals surface area contributed by atoms with Gasteiger partial charge in [0.25, 0.3) is 0 Å². The van der Waals surface area contributed by atoms with E-state index in [1.807, 2.05) is 17.2 Å². The summed E-state index contributed by atoms with van der Waals surface area (Å²) in [7, 11) is 0. The lowest BCUT2D eigenvalue weighted by Gasteiger charge is -2.34. The molecule has 0 bridgehead atoms. The third-order valence-corrected chi connectivity index (χ3v) is 7.51. The maximum atomic E-state index is 12.8. The lowest BCUT2D eigenvalue weighted by molar-refractivity contribution is -0.127. The Morgan fingerprint density at radius 2 is 1.40 bits per heavy atom. The molecule has 0 saturated carbocycles. The van der Waals surface area contributed by atoms with E-state index in [1.54, 1.807) is 6.08 Å². The van der Waals surface area contributed by atoms with E-state index >= 15 is 0 Å². The van der Waals surface area contributed by atoms with Crippen LogP contribution < -0.4 is 0 Å². The smallest absolute Gasteiger partial charge is 0.246 e. The van der Waals surface area contributed by atoms with E-state index in [0.29, 0.717) is 0 Å². The van der Waals surface area contributed by atoms with Crippen molar-refractivity contribution in [2.24, 2.45) is 0 Å². The van der Waals surface area contributed by atoms with Crippen molar-refractivity contribution in [2.75, 3.05) is 26.2 Å². The van der Waals surface area contributed by atoms with Gasteiger partial charge in [-0.25, -0.2) is 0 Å². The number of amides is 1. The summed E-state index contributed by atoms with van der Waals surface area (Å²) in [6, 6.07) is 13.0. The van der Waals surface area contributed by atoms with E-state index in [1.165, 1.54) is 44.5 Å². The van der Waals surface area contributed by atoms with Crippen molar-refractivity contribution in [3.05, 3.63) is 93.2 Å². The first-order chi connectivity index (χ1) is 16.7. The van der Waals surface area contributed by atoms with Crippen molar-refractivity contribution in [3.8, 4) is 11.3 Å². The molecule has 0 unspecified atom stereocenters. The number of piperazine rings is 1. The molecular weight excluding hydrogens is 430 g/mol. The third kappa shape index (κ3) is 5.88. The number of aryl methyl sites for hydroxylation is 4. The number of rotatable bonds is 5.